The number of amides is 1. The smallest absolute Gasteiger partial charge is 0.258 e. The molecule has 7 heteroatoms. The van der Waals surface area contributed by atoms with Crippen molar-refractivity contribution in [2.24, 2.45) is 0 Å². The van der Waals surface area contributed by atoms with Gasteiger partial charge in [-0.15, -0.1) is 0 Å². The van der Waals surface area contributed by atoms with Crippen LogP contribution in [-0.4, -0.2) is 46.9 Å². The first-order chi connectivity index (χ1) is 12.0. The molecule has 2 aromatic rings. The molecule has 0 bridgehead atoms. The van der Waals surface area contributed by atoms with Gasteiger partial charge in [0.25, 0.3) is 5.91 Å². The molecule has 0 spiro atoms. The van der Waals surface area contributed by atoms with Crippen molar-refractivity contribution < 1.29 is 9.53 Å². The summed E-state index contributed by atoms with van der Waals surface area (Å²) in [5, 5.41) is 5.46. The van der Waals surface area contributed by atoms with Crippen LogP contribution in [0.3, 0.4) is 0 Å². The molecule has 0 aliphatic carbocycles. The first kappa shape index (κ1) is 18.2. The van der Waals surface area contributed by atoms with Crippen LogP contribution < -0.4 is 0 Å². The SMILES string of the molecule is COC1CCN(C(=O)c2c(C)nn(Cc3ccccc3Cl)c2Cl)CC1. The average Bonchev–Trinajstić information content (AvgIpc) is 2.90. The summed E-state index contributed by atoms with van der Waals surface area (Å²) in [6.07, 6.45) is 1.91. The number of hydrogen-bond donors (Lipinski definition) is 0. The molecular weight excluding hydrogens is 361 g/mol. The first-order valence-electron chi connectivity index (χ1n) is 8.29. The Morgan fingerprint density at radius 1 is 1.28 bits per heavy atom. The van der Waals surface area contributed by atoms with Crippen molar-refractivity contribution in [3.05, 3.63) is 51.3 Å². The van der Waals surface area contributed by atoms with E-state index >= 15 is 0 Å². The number of piperidine rings is 1. The van der Waals surface area contributed by atoms with Crippen molar-refractivity contribution in [1.29, 1.82) is 0 Å². The minimum atomic E-state index is -0.0672. The molecule has 3 rings (SSSR count). The minimum absolute atomic E-state index is 0.0672. The lowest BCUT2D eigenvalue weighted by molar-refractivity contribution is 0.0350. The molecule has 0 N–H and O–H groups in total. The zero-order chi connectivity index (χ0) is 18.0. The molecule has 1 aliphatic rings. The summed E-state index contributed by atoms with van der Waals surface area (Å²) in [5.41, 5.74) is 2.02. The standard InChI is InChI=1S/C18H21Cl2N3O2/c1-12-16(18(24)22-9-7-14(25-2)8-10-22)17(20)23(21-12)11-13-5-3-4-6-15(13)19/h3-6,14H,7-11H2,1-2H3. The fraction of sp³-hybridized carbons (Fsp3) is 0.444. The number of likely N-dealkylation sites (tertiary alicyclic amines) is 1. The summed E-state index contributed by atoms with van der Waals surface area (Å²) in [6.45, 7) is 3.58. The number of carbonyl (C=O) groups is 1. The number of ether oxygens (including phenoxy) is 1. The number of nitrogens with zero attached hydrogens (tertiary/aromatic N) is 3. The van der Waals surface area contributed by atoms with Gasteiger partial charge in [-0.3, -0.25) is 4.79 Å². The van der Waals surface area contributed by atoms with Gasteiger partial charge in [-0.25, -0.2) is 4.68 Å². The molecule has 1 aromatic carbocycles. The summed E-state index contributed by atoms with van der Waals surface area (Å²) in [4.78, 5) is 14.7. The summed E-state index contributed by atoms with van der Waals surface area (Å²) < 4.78 is 6.99. The predicted molar refractivity (Wildman–Crippen MR) is 98.5 cm³/mol. The quantitative estimate of drug-likeness (QED) is 0.808. The second kappa shape index (κ2) is 7.77. The first-order valence-corrected chi connectivity index (χ1v) is 9.05. The van der Waals surface area contributed by atoms with Gasteiger partial charge in [-0.05, 0) is 31.4 Å². The van der Waals surface area contributed by atoms with Crippen molar-refractivity contribution in [2.45, 2.75) is 32.4 Å². The van der Waals surface area contributed by atoms with Gasteiger partial charge in [0, 0.05) is 25.2 Å². The van der Waals surface area contributed by atoms with E-state index in [4.69, 9.17) is 27.9 Å². The van der Waals surface area contributed by atoms with Crippen molar-refractivity contribution >= 4 is 29.1 Å². The molecule has 0 unspecified atom stereocenters. The van der Waals surface area contributed by atoms with Crippen LogP contribution in [0.5, 0.6) is 0 Å². The van der Waals surface area contributed by atoms with E-state index in [2.05, 4.69) is 5.10 Å². The zero-order valence-electron chi connectivity index (χ0n) is 14.3. The van der Waals surface area contributed by atoms with E-state index in [9.17, 15) is 4.79 Å². The lowest BCUT2D eigenvalue weighted by Crippen LogP contribution is -2.40. The number of benzene rings is 1. The van der Waals surface area contributed by atoms with Crippen LogP contribution >= 0.6 is 23.2 Å². The molecule has 25 heavy (non-hydrogen) atoms. The highest BCUT2D eigenvalue weighted by atomic mass is 35.5. The van der Waals surface area contributed by atoms with E-state index in [1.54, 1.807) is 11.8 Å². The third-order valence-electron chi connectivity index (χ3n) is 4.62. The van der Waals surface area contributed by atoms with Gasteiger partial charge in [0.05, 0.1) is 23.9 Å². The highest BCUT2D eigenvalue weighted by Gasteiger charge is 2.28. The molecule has 1 aromatic heterocycles. The van der Waals surface area contributed by atoms with Gasteiger partial charge >= 0.3 is 0 Å². The molecule has 5 nitrogen and oxygen atoms in total. The lowest BCUT2D eigenvalue weighted by Gasteiger charge is -2.31. The van der Waals surface area contributed by atoms with Gasteiger partial charge in [-0.1, -0.05) is 41.4 Å². The summed E-state index contributed by atoms with van der Waals surface area (Å²) in [5.74, 6) is -0.0672. The van der Waals surface area contributed by atoms with Gasteiger partial charge in [-0.2, -0.15) is 5.10 Å². The Bertz CT molecular complexity index is 768. The molecule has 2 heterocycles. The minimum Gasteiger partial charge on any atom is -0.381 e. The Morgan fingerprint density at radius 2 is 1.96 bits per heavy atom. The van der Waals surface area contributed by atoms with Crippen molar-refractivity contribution in [2.75, 3.05) is 20.2 Å². The third kappa shape index (κ3) is 3.84. The fourth-order valence-electron chi connectivity index (χ4n) is 3.14. The van der Waals surface area contributed by atoms with Gasteiger partial charge in [0.2, 0.25) is 0 Å². The maximum absolute atomic E-state index is 12.9. The topological polar surface area (TPSA) is 47.4 Å². The molecule has 1 amide bonds. The second-order valence-electron chi connectivity index (χ2n) is 6.23. The molecule has 134 valence electrons. The summed E-state index contributed by atoms with van der Waals surface area (Å²) in [6, 6.07) is 7.54. The predicted octanol–water partition coefficient (Wildman–Crippen LogP) is 3.80. The van der Waals surface area contributed by atoms with E-state index < -0.39 is 0 Å². The Kier molecular flexibility index (Phi) is 5.67. The van der Waals surface area contributed by atoms with E-state index in [0.29, 0.717) is 41.1 Å². The van der Waals surface area contributed by atoms with Gasteiger partial charge in [0.1, 0.15) is 5.15 Å². The second-order valence-corrected chi connectivity index (χ2v) is 6.99. The number of hydrogen-bond acceptors (Lipinski definition) is 3. The Balaban J connectivity index is 1.80. The monoisotopic (exact) mass is 381 g/mol. The lowest BCUT2D eigenvalue weighted by atomic mass is 10.1. The van der Waals surface area contributed by atoms with Gasteiger partial charge in [0.15, 0.2) is 0 Å². The van der Waals surface area contributed by atoms with Crippen molar-refractivity contribution in [1.82, 2.24) is 14.7 Å². The number of methoxy groups -OCH3 is 1. The van der Waals surface area contributed by atoms with E-state index in [1.165, 1.54) is 0 Å². The third-order valence-corrected chi connectivity index (χ3v) is 5.37. The van der Waals surface area contributed by atoms with Crippen LogP contribution in [0.4, 0.5) is 0 Å². The van der Waals surface area contributed by atoms with Crippen LogP contribution in [0, 0.1) is 6.92 Å². The number of halogens is 2. The normalized spacial score (nSPS) is 15.6. The Labute approximate surface area is 157 Å². The summed E-state index contributed by atoms with van der Waals surface area (Å²) >= 11 is 12.7. The fourth-order valence-corrected chi connectivity index (χ4v) is 3.65. The van der Waals surface area contributed by atoms with Gasteiger partial charge < -0.3 is 9.64 Å². The van der Waals surface area contributed by atoms with E-state index in [1.807, 2.05) is 36.1 Å². The molecule has 1 aliphatic heterocycles. The molecule has 0 atom stereocenters. The molecule has 0 saturated carbocycles. The highest BCUT2D eigenvalue weighted by Crippen LogP contribution is 2.26. The number of aromatic nitrogens is 2. The number of aryl methyl sites for hydroxylation is 1. The van der Waals surface area contributed by atoms with Crippen LogP contribution in [0.1, 0.15) is 34.5 Å². The highest BCUT2D eigenvalue weighted by molar-refractivity contribution is 6.33. The van der Waals surface area contributed by atoms with Crippen LogP contribution in [-0.2, 0) is 11.3 Å². The van der Waals surface area contributed by atoms with E-state index in [0.717, 1.165) is 18.4 Å². The Morgan fingerprint density at radius 3 is 2.60 bits per heavy atom. The molecule has 1 saturated heterocycles. The maximum atomic E-state index is 12.9. The van der Waals surface area contributed by atoms with Crippen LogP contribution in [0.15, 0.2) is 24.3 Å². The molecule has 0 radical (unpaired) electrons. The van der Waals surface area contributed by atoms with Crippen LogP contribution in [0.25, 0.3) is 0 Å². The molecule has 1 fully saturated rings. The zero-order valence-corrected chi connectivity index (χ0v) is 15.8. The van der Waals surface area contributed by atoms with E-state index in [-0.39, 0.29) is 12.0 Å². The average molecular weight is 382 g/mol. The van der Waals surface area contributed by atoms with Crippen LogP contribution in [0.2, 0.25) is 10.2 Å². The number of rotatable bonds is 4. The maximum Gasteiger partial charge on any atom is 0.258 e. The largest absolute Gasteiger partial charge is 0.381 e. The summed E-state index contributed by atoms with van der Waals surface area (Å²) in [7, 11) is 1.71. The number of carbonyl (C=O) groups excluding carboxylic acids is 1. The van der Waals surface area contributed by atoms with Crippen molar-refractivity contribution in [3.8, 4) is 0 Å². The molecular formula is C18H21Cl2N3O2. The van der Waals surface area contributed by atoms with Crippen molar-refractivity contribution in [3.63, 3.8) is 0 Å². The Hall–Kier alpha value is -1.56.